The second-order valence-corrected chi connectivity index (χ2v) is 5.33. The van der Waals surface area contributed by atoms with Gasteiger partial charge in [-0.1, -0.05) is 29.8 Å². The van der Waals surface area contributed by atoms with Crippen LogP contribution >= 0.6 is 11.6 Å². The molecule has 4 rings (SSSR count). The molecule has 0 amide bonds. The molecule has 0 unspecified atom stereocenters. The standard InChI is InChI=1S/C16H11ClN4/c17-12-7-5-10(6-8-12)15-19-14-9-11-3-1-2-4-13(11)18-16(14)21-20-15/h1-8H,9H2,(H,18,21). The third kappa shape index (κ3) is 2.23. The molecule has 0 saturated carbocycles. The molecule has 0 saturated heterocycles. The van der Waals surface area contributed by atoms with Crippen molar-refractivity contribution < 1.29 is 0 Å². The number of benzene rings is 2. The molecule has 1 N–H and O–H groups in total. The Balaban J connectivity index is 1.74. The third-order valence-electron chi connectivity index (χ3n) is 3.49. The minimum absolute atomic E-state index is 0.617. The quantitative estimate of drug-likeness (QED) is 0.579. The maximum Gasteiger partial charge on any atom is 0.182 e. The number of rotatable bonds is 1. The van der Waals surface area contributed by atoms with Crippen molar-refractivity contribution in [2.24, 2.45) is 0 Å². The number of hydrogen-bond donors (Lipinski definition) is 1. The molecule has 4 nitrogen and oxygen atoms in total. The summed E-state index contributed by atoms with van der Waals surface area (Å²) in [5.41, 5.74) is 4.11. The lowest BCUT2D eigenvalue weighted by Gasteiger charge is -2.19. The van der Waals surface area contributed by atoms with E-state index in [1.54, 1.807) is 0 Å². The van der Waals surface area contributed by atoms with Crippen LogP contribution in [0.3, 0.4) is 0 Å². The van der Waals surface area contributed by atoms with E-state index in [4.69, 9.17) is 11.6 Å². The van der Waals surface area contributed by atoms with Gasteiger partial charge in [0.2, 0.25) is 0 Å². The molecule has 2 aromatic carbocycles. The maximum atomic E-state index is 5.90. The summed E-state index contributed by atoms with van der Waals surface area (Å²) in [5.74, 6) is 1.35. The summed E-state index contributed by atoms with van der Waals surface area (Å²) in [6.45, 7) is 0. The normalized spacial score (nSPS) is 12.2. The molecule has 1 aliphatic rings. The van der Waals surface area contributed by atoms with Gasteiger partial charge >= 0.3 is 0 Å². The van der Waals surface area contributed by atoms with E-state index in [0.29, 0.717) is 10.8 Å². The highest BCUT2D eigenvalue weighted by Crippen LogP contribution is 2.30. The van der Waals surface area contributed by atoms with Crippen molar-refractivity contribution in [3.63, 3.8) is 0 Å². The molecule has 0 aliphatic carbocycles. The second kappa shape index (κ2) is 4.82. The van der Waals surface area contributed by atoms with Crippen molar-refractivity contribution in [2.45, 2.75) is 6.42 Å². The van der Waals surface area contributed by atoms with E-state index in [2.05, 4.69) is 26.6 Å². The Morgan fingerprint density at radius 3 is 2.62 bits per heavy atom. The zero-order valence-corrected chi connectivity index (χ0v) is 11.8. The molecular formula is C16H11ClN4. The van der Waals surface area contributed by atoms with Gasteiger partial charge in [-0.3, -0.25) is 0 Å². The number of para-hydroxylation sites is 1. The average molecular weight is 295 g/mol. The van der Waals surface area contributed by atoms with Crippen LogP contribution in [0.2, 0.25) is 5.02 Å². The average Bonchev–Trinajstić information content (AvgIpc) is 2.53. The number of fused-ring (bicyclic) bond motifs is 2. The zero-order valence-electron chi connectivity index (χ0n) is 11.0. The summed E-state index contributed by atoms with van der Waals surface area (Å²) < 4.78 is 0. The molecule has 2 heterocycles. The lowest BCUT2D eigenvalue weighted by molar-refractivity contribution is 0.917. The van der Waals surface area contributed by atoms with Crippen LogP contribution in [0, 0.1) is 0 Å². The lowest BCUT2D eigenvalue weighted by Crippen LogP contribution is -2.12. The van der Waals surface area contributed by atoms with Gasteiger partial charge in [0.25, 0.3) is 0 Å². The fraction of sp³-hybridized carbons (Fsp3) is 0.0625. The van der Waals surface area contributed by atoms with E-state index in [9.17, 15) is 0 Å². The Morgan fingerprint density at radius 2 is 1.76 bits per heavy atom. The molecular weight excluding hydrogens is 284 g/mol. The third-order valence-corrected chi connectivity index (χ3v) is 3.74. The first kappa shape index (κ1) is 12.3. The number of aromatic nitrogens is 3. The smallest absolute Gasteiger partial charge is 0.182 e. The minimum Gasteiger partial charge on any atom is -0.337 e. The predicted molar refractivity (Wildman–Crippen MR) is 82.8 cm³/mol. The number of anilines is 2. The summed E-state index contributed by atoms with van der Waals surface area (Å²) in [4.78, 5) is 4.63. The van der Waals surface area contributed by atoms with Gasteiger partial charge < -0.3 is 5.32 Å². The summed E-state index contributed by atoms with van der Waals surface area (Å²) in [5, 5.41) is 12.4. The number of halogens is 1. The largest absolute Gasteiger partial charge is 0.337 e. The Hall–Kier alpha value is -2.46. The molecule has 1 aromatic heterocycles. The minimum atomic E-state index is 0.617. The van der Waals surface area contributed by atoms with E-state index in [1.807, 2.05) is 42.5 Å². The fourth-order valence-electron chi connectivity index (χ4n) is 2.40. The molecule has 21 heavy (non-hydrogen) atoms. The van der Waals surface area contributed by atoms with E-state index < -0.39 is 0 Å². The Bertz CT molecular complexity index is 815. The van der Waals surface area contributed by atoms with Gasteiger partial charge in [-0.25, -0.2) is 4.98 Å². The predicted octanol–water partition coefficient (Wildman–Crippen LogP) is 3.84. The van der Waals surface area contributed by atoms with Gasteiger partial charge in [0, 0.05) is 22.7 Å². The zero-order chi connectivity index (χ0) is 14.2. The Morgan fingerprint density at radius 1 is 0.952 bits per heavy atom. The molecule has 0 spiro atoms. The van der Waals surface area contributed by atoms with Crippen LogP contribution in [-0.4, -0.2) is 15.2 Å². The van der Waals surface area contributed by atoms with Crippen molar-refractivity contribution in [1.29, 1.82) is 0 Å². The molecule has 102 valence electrons. The first-order chi connectivity index (χ1) is 10.3. The first-order valence-corrected chi connectivity index (χ1v) is 7.02. The van der Waals surface area contributed by atoms with Gasteiger partial charge in [0.15, 0.2) is 11.6 Å². The molecule has 3 aromatic rings. The molecule has 1 aliphatic heterocycles. The molecule has 0 atom stereocenters. The van der Waals surface area contributed by atoms with Crippen LogP contribution in [0.25, 0.3) is 11.4 Å². The molecule has 0 fully saturated rings. The van der Waals surface area contributed by atoms with Gasteiger partial charge in [0.1, 0.15) is 0 Å². The van der Waals surface area contributed by atoms with Crippen molar-refractivity contribution in [3.05, 3.63) is 64.8 Å². The Labute approximate surface area is 126 Å². The van der Waals surface area contributed by atoms with Crippen LogP contribution in [0.15, 0.2) is 48.5 Å². The SMILES string of the molecule is Clc1ccc(-c2nnc3c(n2)Cc2ccccc2N3)cc1. The van der Waals surface area contributed by atoms with Gasteiger partial charge in [-0.2, -0.15) is 0 Å². The van der Waals surface area contributed by atoms with Crippen molar-refractivity contribution in [1.82, 2.24) is 15.2 Å². The highest BCUT2D eigenvalue weighted by molar-refractivity contribution is 6.30. The number of nitrogens with one attached hydrogen (secondary N) is 1. The van der Waals surface area contributed by atoms with Crippen molar-refractivity contribution >= 4 is 23.1 Å². The van der Waals surface area contributed by atoms with Gasteiger partial charge in [-0.15, -0.1) is 10.2 Å². The van der Waals surface area contributed by atoms with Crippen LogP contribution in [0.4, 0.5) is 11.5 Å². The molecule has 5 heteroatoms. The van der Waals surface area contributed by atoms with E-state index >= 15 is 0 Å². The summed E-state index contributed by atoms with van der Waals surface area (Å²) in [7, 11) is 0. The van der Waals surface area contributed by atoms with Gasteiger partial charge in [-0.05, 0) is 35.9 Å². The van der Waals surface area contributed by atoms with Crippen LogP contribution in [0.5, 0.6) is 0 Å². The summed E-state index contributed by atoms with van der Waals surface area (Å²) in [6.07, 6.45) is 0.759. The highest BCUT2D eigenvalue weighted by atomic mass is 35.5. The van der Waals surface area contributed by atoms with E-state index in [0.717, 1.165) is 29.2 Å². The van der Waals surface area contributed by atoms with Crippen LogP contribution in [0.1, 0.15) is 11.3 Å². The second-order valence-electron chi connectivity index (χ2n) is 4.90. The fourth-order valence-corrected chi connectivity index (χ4v) is 2.53. The maximum absolute atomic E-state index is 5.90. The van der Waals surface area contributed by atoms with E-state index in [-0.39, 0.29) is 0 Å². The lowest BCUT2D eigenvalue weighted by atomic mass is 10.0. The van der Waals surface area contributed by atoms with Crippen molar-refractivity contribution in [2.75, 3.05) is 5.32 Å². The van der Waals surface area contributed by atoms with Crippen molar-refractivity contribution in [3.8, 4) is 11.4 Å². The number of nitrogens with zero attached hydrogens (tertiary/aromatic N) is 3. The summed E-state index contributed by atoms with van der Waals surface area (Å²) >= 11 is 5.90. The van der Waals surface area contributed by atoms with Crippen LogP contribution in [-0.2, 0) is 6.42 Å². The molecule has 0 radical (unpaired) electrons. The topological polar surface area (TPSA) is 50.7 Å². The monoisotopic (exact) mass is 294 g/mol. The van der Waals surface area contributed by atoms with Gasteiger partial charge in [0.05, 0.1) is 5.69 Å². The Kier molecular flexibility index (Phi) is 2.82. The first-order valence-electron chi connectivity index (χ1n) is 6.64. The highest BCUT2D eigenvalue weighted by Gasteiger charge is 2.18. The summed E-state index contributed by atoms with van der Waals surface area (Å²) in [6, 6.07) is 15.6. The van der Waals surface area contributed by atoms with Crippen LogP contribution < -0.4 is 5.32 Å². The molecule has 0 bridgehead atoms. The number of hydrogen-bond acceptors (Lipinski definition) is 4. The van der Waals surface area contributed by atoms with E-state index in [1.165, 1.54) is 5.56 Å².